The van der Waals surface area contributed by atoms with Gasteiger partial charge in [-0.3, -0.25) is 4.40 Å². The first-order chi connectivity index (χ1) is 10.6. The van der Waals surface area contributed by atoms with E-state index < -0.39 is 0 Å². The number of piperidine rings is 1. The van der Waals surface area contributed by atoms with E-state index in [1.165, 1.54) is 0 Å². The Kier molecular flexibility index (Phi) is 3.22. The number of hydrogen-bond donors (Lipinski definition) is 0. The normalized spacial score (nSPS) is 25.6. The van der Waals surface area contributed by atoms with Crippen molar-refractivity contribution in [2.45, 2.75) is 31.2 Å². The topological polar surface area (TPSA) is 53.7 Å². The summed E-state index contributed by atoms with van der Waals surface area (Å²) in [6, 6.07) is 0.526. The molecule has 0 spiro atoms. The van der Waals surface area contributed by atoms with E-state index in [1.54, 1.807) is 12.4 Å². The molecule has 2 aromatic rings. The van der Waals surface area contributed by atoms with Crippen LogP contribution in [0.5, 0.6) is 0 Å². The minimum absolute atomic E-state index is 0.140. The molecule has 6 nitrogen and oxygen atoms in total. The monoisotopic (exact) mass is 319 g/mol. The van der Waals surface area contributed by atoms with Gasteiger partial charge in [-0.2, -0.15) is 0 Å². The molecule has 7 heteroatoms. The fourth-order valence-electron chi connectivity index (χ4n) is 3.65. The van der Waals surface area contributed by atoms with Crippen LogP contribution in [-0.2, 0) is 0 Å². The van der Waals surface area contributed by atoms with Crippen molar-refractivity contribution < 1.29 is 4.79 Å². The molecule has 0 radical (unpaired) electrons. The Hall–Kier alpha value is -1.82. The summed E-state index contributed by atoms with van der Waals surface area (Å²) in [6.07, 6.45) is 8.49. The third-order valence-electron chi connectivity index (χ3n) is 4.88. The second-order valence-electron chi connectivity index (χ2n) is 6.16. The summed E-state index contributed by atoms with van der Waals surface area (Å²) in [4.78, 5) is 24.8. The molecule has 2 fully saturated rings. The van der Waals surface area contributed by atoms with E-state index in [1.807, 2.05) is 27.4 Å². The van der Waals surface area contributed by atoms with Crippen molar-refractivity contribution in [3.05, 3.63) is 29.6 Å². The summed E-state index contributed by atoms with van der Waals surface area (Å²) >= 11 is 6.12. The smallest absolute Gasteiger partial charge is 0.320 e. The van der Waals surface area contributed by atoms with Gasteiger partial charge in [-0.1, -0.05) is 11.6 Å². The van der Waals surface area contributed by atoms with E-state index in [9.17, 15) is 4.79 Å². The Morgan fingerprint density at radius 3 is 3.00 bits per heavy atom. The summed E-state index contributed by atoms with van der Waals surface area (Å²) in [6.45, 7) is 1.59. The molecule has 2 aromatic heterocycles. The zero-order valence-electron chi connectivity index (χ0n) is 12.4. The summed E-state index contributed by atoms with van der Waals surface area (Å²) in [5.41, 5.74) is 0.823. The second-order valence-corrected chi connectivity index (χ2v) is 6.52. The van der Waals surface area contributed by atoms with Gasteiger partial charge in [0.1, 0.15) is 11.3 Å². The molecule has 0 unspecified atom stereocenters. The predicted molar refractivity (Wildman–Crippen MR) is 83.1 cm³/mol. The Morgan fingerprint density at radius 1 is 1.27 bits per heavy atom. The van der Waals surface area contributed by atoms with Crippen LogP contribution in [0.2, 0.25) is 5.15 Å². The Morgan fingerprint density at radius 2 is 2.14 bits per heavy atom. The van der Waals surface area contributed by atoms with Gasteiger partial charge in [-0.05, 0) is 19.3 Å². The quantitative estimate of drug-likeness (QED) is 0.811. The lowest BCUT2D eigenvalue weighted by molar-refractivity contribution is 0.0805. The van der Waals surface area contributed by atoms with Crippen LogP contribution in [-0.4, -0.2) is 56.4 Å². The molecular formula is C15H18ClN5O. The number of fused-ring (bicyclic) bond motifs is 2. The zero-order valence-corrected chi connectivity index (χ0v) is 13.2. The summed E-state index contributed by atoms with van der Waals surface area (Å²) in [5, 5.41) is 0.462. The van der Waals surface area contributed by atoms with Gasteiger partial charge >= 0.3 is 6.03 Å². The van der Waals surface area contributed by atoms with Crippen LogP contribution in [0.15, 0.2) is 18.6 Å². The molecule has 4 rings (SSSR count). The molecule has 2 atom stereocenters. The number of carbonyl (C=O) groups excluding carboxylic acids is 1. The van der Waals surface area contributed by atoms with E-state index >= 15 is 0 Å². The number of hydrogen-bond acceptors (Lipinski definition) is 3. The van der Waals surface area contributed by atoms with Crippen molar-refractivity contribution in [1.82, 2.24) is 24.2 Å². The van der Waals surface area contributed by atoms with Gasteiger partial charge in [0.2, 0.25) is 0 Å². The van der Waals surface area contributed by atoms with Gasteiger partial charge in [-0.25, -0.2) is 14.8 Å². The van der Waals surface area contributed by atoms with Crippen molar-refractivity contribution in [1.29, 1.82) is 0 Å². The van der Waals surface area contributed by atoms with Crippen LogP contribution in [0.3, 0.4) is 0 Å². The average Bonchev–Trinajstić information content (AvgIpc) is 2.96. The number of aromatic nitrogens is 3. The van der Waals surface area contributed by atoms with Crippen molar-refractivity contribution in [3.8, 4) is 0 Å². The van der Waals surface area contributed by atoms with Crippen molar-refractivity contribution in [2.75, 3.05) is 20.1 Å². The molecule has 116 valence electrons. The molecule has 0 bridgehead atoms. The van der Waals surface area contributed by atoms with Crippen LogP contribution in [0, 0.1) is 0 Å². The first-order valence-corrected chi connectivity index (χ1v) is 8.02. The standard InChI is InChI=1S/C15H18ClN5O/c1-19-6-4-11-3-2-10(9-21(11)15(19)22)14-18-8-12-13(16)17-5-7-20(12)14/h5,7-8,10-11H,2-4,6,9H2,1H3/t10-,11-/m0/s1. The maximum absolute atomic E-state index is 12.4. The molecule has 0 aliphatic carbocycles. The largest absolute Gasteiger partial charge is 0.328 e. The first kappa shape index (κ1) is 13.8. The van der Waals surface area contributed by atoms with Crippen LogP contribution in [0.4, 0.5) is 4.79 Å². The number of urea groups is 1. The predicted octanol–water partition coefficient (Wildman–Crippen LogP) is 2.39. The van der Waals surface area contributed by atoms with Gasteiger partial charge in [0.25, 0.3) is 0 Å². The zero-order chi connectivity index (χ0) is 15.3. The number of carbonyl (C=O) groups is 1. The number of imidazole rings is 1. The van der Waals surface area contributed by atoms with Crippen LogP contribution in [0.25, 0.3) is 5.52 Å². The van der Waals surface area contributed by atoms with Gasteiger partial charge < -0.3 is 9.80 Å². The third-order valence-corrected chi connectivity index (χ3v) is 5.17. The number of nitrogens with zero attached hydrogens (tertiary/aromatic N) is 5. The SMILES string of the molecule is CN1CC[C@@H]2CC[C@H](c3ncc4c(Cl)nccn34)CN2C1=O. The molecule has 2 saturated heterocycles. The minimum Gasteiger partial charge on any atom is -0.328 e. The minimum atomic E-state index is 0.140. The maximum atomic E-state index is 12.4. The molecule has 0 aromatic carbocycles. The lowest BCUT2D eigenvalue weighted by Crippen LogP contribution is -2.56. The highest BCUT2D eigenvalue weighted by molar-refractivity contribution is 6.32. The first-order valence-electron chi connectivity index (χ1n) is 7.64. The van der Waals surface area contributed by atoms with Gasteiger partial charge in [0.15, 0.2) is 5.15 Å². The van der Waals surface area contributed by atoms with E-state index in [-0.39, 0.29) is 11.9 Å². The van der Waals surface area contributed by atoms with Crippen LogP contribution < -0.4 is 0 Å². The Labute approximate surface area is 133 Å². The van der Waals surface area contributed by atoms with Crippen LogP contribution >= 0.6 is 11.6 Å². The fraction of sp³-hybridized carbons (Fsp3) is 0.533. The lowest BCUT2D eigenvalue weighted by atomic mass is 9.89. The van der Waals surface area contributed by atoms with Gasteiger partial charge in [0.05, 0.1) is 6.20 Å². The van der Waals surface area contributed by atoms with E-state index in [4.69, 9.17) is 11.6 Å². The van der Waals surface area contributed by atoms with E-state index in [0.29, 0.717) is 11.2 Å². The molecule has 22 heavy (non-hydrogen) atoms. The molecule has 4 heterocycles. The maximum Gasteiger partial charge on any atom is 0.320 e. The highest BCUT2D eigenvalue weighted by atomic mass is 35.5. The van der Waals surface area contributed by atoms with E-state index in [0.717, 1.165) is 43.7 Å². The van der Waals surface area contributed by atoms with Gasteiger partial charge in [0, 0.05) is 44.5 Å². The average molecular weight is 320 g/mol. The molecule has 2 aliphatic heterocycles. The number of halogens is 1. The molecule has 2 amide bonds. The molecular weight excluding hydrogens is 302 g/mol. The lowest BCUT2D eigenvalue weighted by Gasteiger charge is -2.45. The van der Waals surface area contributed by atoms with Crippen molar-refractivity contribution in [2.24, 2.45) is 0 Å². The molecule has 0 N–H and O–H groups in total. The number of rotatable bonds is 1. The molecule has 2 aliphatic rings. The Bertz CT molecular complexity index is 730. The highest BCUT2D eigenvalue weighted by Gasteiger charge is 2.37. The van der Waals surface area contributed by atoms with Gasteiger partial charge in [-0.15, -0.1) is 0 Å². The van der Waals surface area contributed by atoms with Crippen molar-refractivity contribution in [3.63, 3.8) is 0 Å². The fourth-order valence-corrected chi connectivity index (χ4v) is 3.84. The van der Waals surface area contributed by atoms with Crippen molar-refractivity contribution >= 4 is 23.1 Å². The van der Waals surface area contributed by atoms with E-state index in [2.05, 4.69) is 9.97 Å². The Balaban J connectivity index is 1.66. The highest BCUT2D eigenvalue weighted by Crippen LogP contribution is 2.33. The number of amides is 2. The summed E-state index contributed by atoms with van der Waals surface area (Å²) in [5.74, 6) is 1.21. The summed E-state index contributed by atoms with van der Waals surface area (Å²) < 4.78 is 2.00. The second kappa shape index (κ2) is 5.12. The van der Waals surface area contributed by atoms with Crippen LogP contribution in [0.1, 0.15) is 31.0 Å². The summed E-state index contributed by atoms with van der Waals surface area (Å²) in [7, 11) is 1.87. The third kappa shape index (κ3) is 2.05. The molecule has 0 saturated carbocycles.